The van der Waals surface area contributed by atoms with Crippen LogP contribution in [0.2, 0.25) is 0 Å². The van der Waals surface area contributed by atoms with Crippen LogP contribution in [0.5, 0.6) is 0 Å². The first kappa shape index (κ1) is 15.3. The monoisotopic (exact) mass is 318 g/mol. The third kappa shape index (κ3) is 3.80. The number of hydrogen-bond donors (Lipinski definition) is 2. The van der Waals surface area contributed by atoms with Crippen molar-refractivity contribution < 1.29 is 13.6 Å². The van der Waals surface area contributed by atoms with E-state index < -0.39 is 11.6 Å². The van der Waals surface area contributed by atoms with Crippen LogP contribution in [0.15, 0.2) is 30.3 Å². The molecule has 3 rings (SSSR count). The highest BCUT2D eigenvalue weighted by molar-refractivity contribution is 5.92. The van der Waals surface area contributed by atoms with Crippen molar-refractivity contribution in [1.82, 2.24) is 15.5 Å². The van der Waals surface area contributed by atoms with Crippen LogP contribution in [0.1, 0.15) is 36.2 Å². The maximum atomic E-state index is 13.6. The van der Waals surface area contributed by atoms with Gasteiger partial charge in [-0.15, -0.1) is 10.2 Å². The van der Waals surface area contributed by atoms with E-state index in [0.29, 0.717) is 0 Å². The maximum Gasteiger partial charge on any atom is 0.272 e. The van der Waals surface area contributed by atoms with E-state index in [1.807, 2.05) is 0 Å². The quantitative estimate of drug-likeness (QED) is 0.908. The van der Waals surface area contributed by atoms with Crippen molar-refractivity contribution in [2.24, 2.45) is 0 Å². The first-order valence-corrected chi connectivity index (χ1v) is 7.48. The van der Waals surface area contributed by atoms with Crippen LogP contribution >= 0.6 is 0 Å². The fraction of sp³-hybridized carbons (Fsp3) is 0.312. The Morgan fingerprint density at radius 3 is 2.52 bits per heavy atom. The third-order valence-corrected chi connectivity index (χ3v) is 3.78. The fourth-order valence-corrected chi connectivity index (χ4v) is 2.58. The van der Waals surface area contributed by atoms with Gasteiger partial charge in [-0.05, 0) is 37.1 Å². The number of carbonyl (C=O) groups excluding carboxylic acids is 1. The fourth-order valence-electron chi connectivity index (χ4n) is 2.58. The highest BCUT2D eigenvalue weighted by Crippen LogP contribution is 2.20. The van der Waals surface area contributed by atoms with Crippen molar-refractivity contribution in [3.05, 3.63) is 47.7 Å². The molecule has 1 aromatic carbocycles. The summed E-state index contributed by atoms with van der Waals surface area (Å²) in [6.45, 7) is 0. The Bertz CT molecular complexity index is 700. The number of benzene rings is 1. The summed E-state index contributed by atoms with van der Waals surface area (Å²) < 4.78 is 26.4. The molecule has 1 aliphatic rings. The van der Waals surface area contributed by atoms with Crippen LogP contribution < -0.4 is 10.6 Å². The van der Waals surface area contributed by atoms with Gasteiger partial charge in [0.15, 0.2) is 11.5 Å². The summed E-state index contributed by atoms with van der Waals surface area (Å²) >= 11 is 0. The smallest absolute Gasteiger partial charge is 0.272 e. The van der Waals surface area contributed by atoms with Gasteiger partial charge in [0.25, 0.3) is 5.91 Å². The first-order chi connectivity index (χ1) is 11.1. The third-order valence-electron chi connectivity index (χ3n) is 3.78. The lowest BCUT2D eigenvalue weighted by Crippen LogP contribution is -2.33. The molecule has 5 nitrogen and oxygen atoms in total. The van der Waals surface area contributed by atoms with Crippen molar-refractivity contribution in [2.45, 2.75) is 31.7 Å². The van der Waals surface area contributed by atoms with Crippen LogP contribution in [-0.2, 0) is 0 Å². The predicted molar refractivity (Wildman–Crippen MR) is 81.4 cm³/mol. The molecular formula is C16H16F2N4O. The number of nitrogens with one attached hydrogen (secondary N) is 2. The van der Waals surface area contributed by atoms with Crippen LogP contribution in [0.4, 0.5) is 20.3 Å². The number of rotatable bonds is 4. The number of amides is 1. The van der Waals surface area contributed by atoms with Crippen LogP contribution in [-0.4, -0.2) is 22.1 Å². The molecule has 0 saturated heterocycles. The molecule has 0 aliphatic heterocycles. The Hall–Kier alpha value is -2.57. The topological polar surface area (TPSA) is 66.9 Å². The summed E-state index contributed by atoms with van der Waals surface area (Å²) in [5.41, 5.74) is 0.297. The second-order valence-corrected chi connectivity index (χ2v) is 5.51. The first-order valence-electron chi connectivity index (χ1n) is 7.48. The van der Waals surface area contributed by atoms with Gasteiger partial charge in [0.1, 0.15) is 11.6 Å². The van der Waals surface area contributed by atoms with Crippen molar-refractivity contribution in [3.63, 3.8) is 0 Å². The lowest BCUT2D eigenvalue weighted by molar-refractivity contribution is 0.0932. The molecule has 1 aliphatic carbocycles. The molecular weight excluding hydrogens is 302 g/mol. The lowest BCUT2D eigenvalue weighted by Gasteiger charge is -2.11. The number of hydrogen-bond acceptors (Lipinski definition) is 4. The van der Waals surface area contributed by atoms with Gasteiger partial charge in [-0.25, -0.2) is 8.78 Å². The van der Waals surface area contributed by atoms with E-state index in [9.17, 15) is 13.6 Å². The lowest BCUT2D eigenvalue weighted by atomic mass is 10.2. The molecule has 23 heavy (non-hydrogen) atoms. The summed E-state index contributed by atoms with van der Waals surface area (Å²) in [5, 5.41) is 13.3. The molecule has 1 amide bonds. The number of halogens is 2. The molecule has 2 N–H and O–H groups in total. The Labute approximate surface area is 132 Å². The molecule has 7 heteroatoms. The van der Waals surface area contributed by atoms with E-state index in [2.05, 4.69) is 20.8 Å². The van der Waals surface area contributed by atoms with Crippen LogP contribution in [0.3, 0.4) is 0 Å². The zero-order valence-electron chi connectivity index (χ0n) is 12.4. The second kappa shape index (κ2) is 6.68. The molecule has 0 bridgehead atoms. The largest absolute Gasteiger partial charge is 0.348 e. The van der Waals surface area contributed by atoms with Gasteiger partial charge in [-0.2, -0.15) is 0 Å². The van der Waals surface area contributed by atoms with Gasteiger partial charge in [0, 0.05) is 12.1 Å². The van der Waals surface area contributed by atoms with Gasteiger partial charge in [-0.3, -0.25) is 4.79 Å². The molecule has 0 radical (unpaired) electrons. The second-order valence-electron chi connectivity index (χ2n) is 5.51. The zero-order chi connectivity index (χ0) is 16.2. The van der Waals surface area contributed by atoms with Crippen molar-refractivity contribution in [2.75, 3.05) is 5.32 Å². The van der Waals surface area contributed by atoms with Gasteiger partial charge < -0.3 is 10.6 Å². The Kier molecular flexibility index (Phi) is 4.45. The summed E-state index contributed by atoms with van der Waals surface area (Å²) in [7, 11) is 0. The van der Waals surface area contributed by atoms with Crippen LogP contribution in [0.25, 0.3) is 0 Å². The standard InChI is InChI=1S/C16H16F2N4O/c17-10-5-6-13(12(18)9-10)20-15-8-7-14(21-22-15)16(23)19-11-3-1-2-4-11/h5-9,11H,1-4H2,(H,19,23)(H,20,22). The highest BCUT2D eigenvalue weighted by atomic mass is 19.1. The molecule has 2 aromatic rings. The van der Waals surface area contributed by atoms with Gasteiger partial charge in [0.2, 0.25) is 0 Å². The molecule has 1 heterocycles. The minimum absolute atomic E-state index is 0.0869. The normalized spacial score (nSPS) is 14.7. The van der Waals surface area contributed by atoms with Gasteiger partial charge in [0.05, 0.1) is 5.69 Å². The van der Waals surface area contributed by atoms with Crippen LogP contribution in [0, 0.1) is 11.6 Å². The SMILES string of the molecule is O=C(NC1CCCC1)c1ccc(Nc2ccc(F)cc2F)nn1. The number of aromatic nitrogens is 2. The van der Waals surface area contributed by atoms with Crippen molar-refractivity contribution in [1.29, 1.82) is 0 Å². The average Bonchev–Trinajstić information content (AvgIpc) is 3.04. The Balaban J connectivity index is 1.65. The van der Waals surface area contributed by atoms with Gasteiger partial charge >= 0.3 is 0 Å². The van der Waals surface area contributed by atoms with E-state index in [4.69, 9.17) is 0 Å². The van der Waals surface area contributed by atoms with Gasteiger partial charge in [-0.1, -0.05) is 12.8 Å². The molecule has 1 aromatic heterocycles. The molecule has 1 saturated carbocycles. The molecule has 1 fully saturated rings. The number of carbonyl (C=O) groups is 1. The van der Waals surface area contributed by atoms with E-state index in [-0.39, 0.29) is 29.1 Å². The zero-order valence-corrected chi connectivity index (χ0v) is 12.4. The number of nitrogens with zero attached hydrogens (tertiary/aromatic N) is 2. The summed E-state index contributed by atoms with van der Waals surface area (Å²) in [5.74, 6) is -1.37. The summed E-state index contributed by atoms with van der Waals surface area (Å²) in [4.78, 5) is 12.0. The minimum Gasteiger partial charge on any atom is -0.348 e. The molecule has 0 spiro atoms. The van der Waals surface area contributed by atoms with Crippen molar-refractivity contribution >= 4 is 17.4 Å². The van der Waals surface area contributed by atoms with E-state index in [1.54, 1.807) is 0 Å². The highest BCUT2D eigenvalue weighted by Gasteiger charge is 2.18. The maximum absolute atomic E-state index is 13.6. The predicted octanol–water partition coefficient (Wildman–Crippen LogP) is 3.17. The Morgan fingerprint density at radius 1 is 1.09 bits per heavy atom. The molecule has 0 atom stereocenters. The summed E-state index contributed by atoms with van der Waals surface area (Å²) in [6.07, 6.45) is 4.23. The van der Waals surface area contributed by atoms with E-state index >= 15 is 0 Å². The summed E-state index contributed by atoms with van der Waals surface area (Å²) in [6, 6.07) is 6.44. The van der Waals surface area contributed by atoms with E-state index in [0.717, 1.165) is 37.8 Å². The Morgan fingerprint density at radius 2 is 1.87 bits per heavy atom. The molecule has 120 valence electrons. The minimum atomic E-state index is -0.727. The van der Waals surface area contributed by atoms with Crippen molar-refractivity contribution in [3.8, 4) is 0 Å². The molecule has 0 unspecified atom stereocenters. The average molecular weight is 318 g/mol. The van der Waals surface area contributed by atoms with E-state index in [1.165, 1.54) is 18.2 Å². The number of anilines is 2.